The average Bonchev–Trinajstić information content (AvgIpc) is 2.42. The average molecular weight is 301 g/mol. The number of carboxylic acid groups (broad SMARTS) is 1. The van der Waals surface area contributed by atoms with Crippen LogP contribution in [0, 0.1) is 0 Å². The van der Waals surface area contributed by atoms with Crippen molar-refractivity contribution in [2.45, 2.75) is 6.42 Å². The molecule has 0 bridgehead atoms. The van der Waals surface area contributed by atoms with E-state index in [0.717, 1.165) is 6.08 Å². The second kappa shape index (κ2) is 8.45. The lowest BCUT2D eigenvalue weighted by Crippen LogP contribution is -2.04. The minimum absolute atomic E-state index is 0.430. The van der Waals surface area contributed by atoms with Gasteiger partial charge in [0.1, 0.15) is 0 Å². The second-order valence-electron chi connectivity index (χ2n) is 3.89. The van der Waals surface area contributed by atoms with Crippen LogP contribution in [-0.2, 0) is 9.53 Å². The van der Waals surface area contributed by atoms with Crippen molar-refractivity contribution in [2.24, 2.45) is 0 Å². The lowest BCUT2D eigenvalue weighted by molar-refractivity contribution is -0.131. The fourth-order valence-electron chi connectivity index (χ4n) is 1.56. The molecule has 0 aliphatic rings. The molecule has 0 fully saturated rings. The summed E-state index contributed by atoms with van der Waals surface area (Å²) in [6.45, 7) is 1.01. The Morgan fingerprint density at radius 2 is 2.10 bits per heavy atom. The number of ether oxygens (including phenoxy) is 3. The molecule has 0 aromatic heterocycles. The normalized spacial score (nSPS) is 10.8. The Morgan fingerprint density at radius 3 is 2.70 bits per heavy atom. The SMILES string of the molecule is COCCCOc1c(/C=C/C(=O)O)cc(Cl)cc1OC. The van der Waals surface area contributed by atoms with Crippen molar-refractivity contribution in [1.29, 1.82) is 0 Å². The summed E-state index contributed by atoms with van der Waals surface area (Å²) in [5, 5.41) is 9.14. The van der Waals surface area contributed by atoms with Crippen LogP contribution in [0.15, 0.2) is 18.2 Å². The van der Waals surface area contributed by atoms with Gasteiger partial charge < -0.3 is 19.3 Å². The zero-order chi connectivity index (χ0) is 15.0. The highest BCUT2D eigenvalue weighted by atomic mass is 35.5. The van der Waals surface area contributed by atoms with Gasteiger partial charge in [0.15, 0.2) is 11.5 Å². The maximum Gasteiger partial charge on any atom is 0.328 e. The van der Waals surface area contributed by atoms with E-state index in [1.165, 1.54) is 13.2 Å². The second-order valence-corrected chi connectivity index (χ2v) is 4.33. The van der Waals surface area contributed by atoms with Crippen LogP contribution in [0.25, 0.3) is 6.08 Å². The highest BCUT2D eigenvalue weighted by Gasteiger charge is 2.11. The maximum atomic E-state index is 10.6. The van der Waals surface area contributed by atoms with Crippen LogP contribution in [0.2, 0.25) is 5.02 Å². The van der Waals surface area contributed by atoms with Crippen molar-refractivity contribution >= 4 is 23.6 Å². The van der Waals surface area contributed by atoms with Gasteiger partial charge in [0.05, 0.1) is 13.7 Å². The highest BCUT2D eigenvalue weighted by molar-refractivity contribution is 6.31. The molecule has 0 unspecified atom stereocenters. The van der Waals surface area contributed by atoms with E-state index in [9.17, 15) is 4.79 Å². The lowest BCUT2D eigenvalue weighted by atomic mass is 10.1. The first-order valence-corrected chi connectivity index (χ1v) is 6.36. The van der Waals surface area contributed by atoms with Gasteiger partial charge in [-0.3, -0.25) is 0 Å². The molecule has 0 amide bonds. The third-order valence-electron chi connectivity index (χ3n) is 2.41. The molecule has 0 saturated carbocycles. The summed E-state index contributed by atoms with van der Waals surface area (Å²) in [6.07, 6.45) is 3.15. The van der Waals surface area contributed by atoms with Crippen molar-refractivity contribution < 1.29 is 24.1 Å². The van der Waals surface area contributed by atoms with Gasteiger partial charge in [-0.2, -0.15) is 0 Å². The van der Waals surface area contributed by atoms with Gasteiger partial charge in [0, 0.05) is 42.9 Å². The molecule has 1 N–H and O–H groups in total. The number of aliphatic carboxylic acids is 1. The summed E-state index contributed by atoms with van der Waals surface area (Å²) < 4.78 is 15.8. The Bertz CT molecular complexity index is 485. The summed E-state index contributed by atoms with van der Waals surface area (Å²) in [7, 11) is 3.11. The first-order chi connectivity index (χ1) is 9.58. The molecule has 110 valence electrons. The number of carboxylic acids is 1. The standard InChI is InChI=1S/C14H17ClO5/c1-18-6-3-7-20-14-10(4-5-13(16)17)8-11(15)9-12(14)19-2/h4-5,8-9H,3,6-7H2,1-2H3,(H,16,17)/b5-4+. The Balaban J connectivity index is 2.99. The van der Waals surface area contributed by atoms with E-state index in [1.807, 2.05) is 0 Å². The first kappa shape index (κ1) is 16.3. The van der Waals surface area contributed by atoms with Gasteiger partial charge in [-0.25, -0.2) is 4.79 Å². The third kappa shape index (κ3) is 5.11. The quantitative estimate of drug-likeness (QED) is 0.591. The molecule has 0 radical (unpaired) electrons. The number of carbonyl (C=O) groups is 1. The van der Waals surface area contributed by atoms with Crippen LogP contribution in [-0.4, -0.2) is 38.5 Å². The molecule has 5 nitrogen and oxygen atoms in total. The minimum Gasteiger partial charge on any atom is -0.493 e. The molecule has 20 heavy (non-hydrogen) atoms. The van der Waals surface area contributed by atoms with E-state index >= 15 is 0 Å². The molecule has 0 saturated heterocycles. The smallest absolute Gasteiger partial charge is 0.328 e. The number of rotatable bonds is 8. The molecule has 6 heteroatoms. The summed E-state index contributed by atoms with van der Waals surface area (Å²) in [6, 6.07) is 3.24. The molecule has 0 aliphatic carbocycles. The van der Waals surface area contributed by atoms with E-state index in [1.54, 1.807) is 19.2 Å². The summed E-state index contributed by atoms with van der Waals surface area (Å²) >= 11 is 5.96. The molecule has 0 aliphatic heterocycles. The van der Waals surface area contributed by atoms with E-state index in [0.29, 0.717) is 41.7 Å². The lowest BCUT2D eigenvalue weighted by Gasteiger charge is -2.14. The Kier molecular flexibility index (Phi) is 6.90. The predicted octanol–water partition coefficient (Wildman–Crippen LogP) is 2.86. The first-order valence-electron chi connectivity index (χ1n) is 5.98. The Labute approximate surface area is 122 Å². The minimum atomic E-state index is -1.05. The van der Waals surface area contributed by atoms with Crippen molar-refractivity contribution in [3.8, 4) is 11.5 Å². The number of methoxy groups -OCH3 is 2. The van der Waals surface area contributed by atoms with Crippen molar-refractivity contribution in [2.75, 3.05) is 27.4 Å². The van der Waals surface area contributed by atoms with E-state index in [2.05, 4.69) is 0 Å². The molecule has 1 aromatic carbocycles. The maximum absolute atomic E-state index is 10.6. The zero-order valence-electron chi connectivity index (χ0n) is 11.4. The molecular formula is C14H17ClO5. The zero-order valence-corrected chi connectivity index (χ0v) is 12.1. The number of benzene rings is 1. The van der Waals surface area contributed by atoms with E-state index < -0.39 is 5.97 Å². The molecule has 1 aromatic rings. The van der Waals surface area contributed by atoms with Gasteiger partial charge >= 0.3 is 5.97 Å². The van der Waals surface area contributed by atoms with Crippen molar-refractivity contribution in [3.63, 3.8) is 0 Å². The molecule has 0 heterocycles. The fourth-order valence-corrected chi connectivity index (χ4v) is 1.77. The van der Waals surface area contributed by atoms with Gasteiger partial charge in [-0.05, 0) is 12.1 Å². The largest absolute Gasteiger partial charge is 0.493 e. The van der Waals surface area contributed by atoms with Gasteiger partial charge in [0.25, 0.3) is 0 Å². The summed E-state index contributed by atoms with van der Waals surface area (Å²) in [5.74, 6) is -0.125. The van der Waals surface area contributed by atoms with Crippen LogP contribution in [0.3, 0.4) is 0 Å². The van der Waals surface area contributed by atoms with E-state index in [-0.39, 0.29) is 0 Å². The summed E-state index contributed by atoms with van der Waals surface area (Å²) in [5.41, 5.74) is 0.550. The molecular weight excluding hydrogens is 284 g/mol. The molecule has 0 atom stereocenters. The molecule has 1 rings (SSSR count). The van der Waals surface area contributed by atoms with Crippen LogP contribution >= 0.6 is 11.6 Å². The van der Waals surface area contributed by atoms with Crippen LogP contribution < -0.4 is 9.47 Å². The Hall–Kier alpha value is -1.72. The number of halogens is 1. The topological polar surface area (TPSA) is 65.0 Å². The van der Waals surface area contributed by atoms with Crippen molar-refractivity contribution in [3.05, 3.63) is 28.8 Å². The number of hydrogen-bond acceptors (Lipinski definition) is 4. The Morgan fingerprint density at radius 1 is 1.35 bits per heavy atom. The van der Waals surface area contributed by atoms with Gasteiger partial charge in [-0.1, -0.05) is 11.6 Å². The van der Waals surface area contributed by atoms with Crippen molar-refractivity contribution in [1.82, 2.24) is 0 Å². The monoisotopic (exact) mass is 300 g/mol. The molecule has 0 spiro atoms. The predicted molar refractivity (Wildman–Crippen MR) is 76.7 cm³/mol. The van der Waals surface area contributed by atoms with E-state index in [4.69, 9.17) is 30.9 Å². The van der Waals surface area contributed by atoms with Crippen LogP contribution in [0.1, 0.15) is 12.0 Å². The van der Waals surface area contributed by atoms with Gasteiger partial charge in [-0.15, -0.1) is 0 Å². The number of hydrogen-bond donors (Lipinski definition) is 1. The van der Waals surface area contributed by atoms with Crippen LogP contribution in [0.5, 0.6) is 11.5 Å². The van der Waals surface area contributed by atoms with Gasteiger partial charge in [0.2, 0.25) is 0 Å². The summed E-state index contributed by atoms with van der Waals surface area (Å²) in [4.78, 5) is 10.6. The highest BCUT2D eigenvalue weighted by Crippen LogP contribution is 2.35. The van der Waals surface area contributed by atoms with Crippen LogP contribution in [0.4, 0.5) is 0 Å². The fraction of sp³-hybridized carbons (Fsp3) is 0.357. The third-order valence-corrected chi connectivity index (χ3v) is 2.63.